The molecule has 0 spiro atoms. The Morgan fingerprint density at radius 2 is 1.97 bits per heavy atom. The molecule has 5 rings (SSSR count). The molecule has 1 N–H and O–H groups in total. The zero-order chi connectivity index (χ0) is 22.9. The van der Waals surface area contributed by atoms with Crippen molar-refractivity contribution >= 4 is 17.3 Å². The van der Waals surface area contributed by atoms with Crippen molar-refractivity contribution in [1.29, 1.82) is 0 Å². The molecule has 1 saturated carbocycles. The number of hydrogen-bond acceptors (Lipinski definition) is 5. The molecule has 2 aromatic carbocycles. The van der Waals surface area contributed by atoms with Crippen molar-refractivity contribution in [2.24, 2.45) is 5.92 Å². The Bertz CT molecular complexity index is 1060. The van der Waals surface area contributed by atoms with Gasteiger partial charge in [0.15, 0.2) is 0 Å². The van der Waals surface area contributed by atoms with Crippen LogP contribution in [0.1, 0.15) is 36.8 Å². The lowest BCUT2D eigenvalue weighted by Crippen LogP contribution is -2.62. The van der Waals surface area contributed by atoms with E-state index in [0.717, 1.165) is 30.9 Å². The number of anilines is 1. The van der Waals surface area contributed by atoms with Gasteiger partial charge in [-0.15, -0.1) is 0 Å². The van der Waals surface area contributed by atoms with Crippen LogP contribution in [0.3, 0.4) is 0 Å². The highest BCUT2D eigenvalue weighted by Crippen LogP contribution is 2.39. The van der Waals surface area contributed by atoms with E-state index >= 15 is 0 Å². The van der Waals surface area contributed by atoms with Gasteiger partial charge in [-0.05, 0) is 48.6 Å². The van der Waals surface area contributed by atoms with Gasteiger partial charge in [0.05, 0.1) is 16.9 Å². The Labute approximate surface area is 192 Å². The van der Waals surface area contributed by atoms with Gasteiger partial charge < -0.3 is 10.2 Å². The first kappa shape index (κ1) is 21.8. The highest BCUT2D eigenvalue weighted by molar-refractivity contribution is 5.82. The summed E-state index contributed by atoms with van der Waals surface area (Å²) in [6.07, 6.45) is 5.42. The molecule has 2 aromatic rings. The molecule has 1 aliphatic carbocycles. The van der Waals surface area contributed by atoms with Gasteiger partial charge in [-0.2, -0.15) is 0 Å². The van der Waals surface area contributed by atoms with Gasteiger partial charge in [0.2, 0.25) is 5.91 Å². The molecule has 3 aliphatic rings. The molecule has 7 nitrogen and oxygen atoms in total. The SMILES string of the molecule is O=C(NCc1cccc(F)c1)C1Cc2cc([N+](=O)[O-])ccc2N2CCN(C3CCCC3)CC12. The summed E-state index contributed by atoms with van der Waals surface area (Å²) in [6.45, 7) is 2.82. The Balaban J connectivity index is 1.40. The van der Waals surface area contributed by atoms with Gasteiger partial charge >= 0.3 is 0 Å². The van der Waals surface area contributed by atoms with E-state index in [1.54, 1.807) is 24.3 Å². The second-order valence-corrected chi connectivity index (χ2v) is 9.42. The fourth-order valence-electron chi connectivity index (χ4n) is 5.81. The highest BCUT2D eigenvalue weighted by atomic mass is 19.1. The van der Waals surface area contributed by atoms with Gasteiger partial charge in [0, 0.05) is 50.0 Å². The van der Waals surface area contributed by atoms with Gasteiger partial charge in [-0.25, -0.2) is 4.39 Å². The molecule has 8 heteroatoms. The molecule has 1 saturated heterocycles. The van der Waals surface area contributed by atoms with E-state index in [9.17, 15) is 19.3 Å². The zero-order valence-electron chi connectivity index (χ0n) is 18.6. The van der Waals surface area contributed by atoms with Crippen molar-refractivity contribution in [2.45, 2.75) is 50.7 Å². The van der Waals surface area contributed by atoms with E-state index < -0.39 is 0 Å². The Morgan fingerprint density at radius 3 is 2.73 bits per heavy atom. The van der Waals surface area contributed by atoms with E-state index in [1.165, 1.54) is 37.8 Å². The van der Waals surface area contributed by atoms with Crippen molar-refractivity contribution in [1.82, 2.24) is 10.2 Å². The molecule has 1 amide bonds. The molecule has 0 aromatic heterocycles. The van der Waals surface area contributed by atoms with Crippen molar-refractivity contribution in [3.05, 3.63) is 69.5 Å². The topological polar surface area (TPSA) is 78.7 Å². The predicted octanol–water partition coefficient (Wildman–Crippen LogP) is 3.66. The van der Waals surface area contributed by atoms with E-state index in [1.807, 2.05) is 6.07 Å². The second kappa shape index (κ2) is 9.09. The smallest absolute Gasteiger partial charge is 0.269 e. The summed E-state index contributed by atoms with van der Waals surface area (Å²) < 4.78 is 13.5. The maximum absolute atomic E-state index is 13.5. The number of benzene rings is 2. The van der Waals surface area contributed by atoms with Crippen LogP contribution in [0.5, 0.6) is 0 Å². The molecule has 2 fully saturated rings. The van der Waals surface area contributed by atoms with Crippen LogP contribution in [-0.2, 0) is 17.8 Å². The number of fused-ring (bicyclic) bond motifs is 3. The fraction of sp³-hybridized carbons (Fsp3) is 0.480. The molecule has 2 unspecified atom stereocenters. The van der Waals surface area contributed by atoms with E-state index in [2.05, 4.69) is 15.1 Å². The normalized spacial score (nSPS) is 23.1. The summed E-state index contributed by atoms with van der Waals surface area (Å²) in [7, 11) is 0. The average Bonchev–Trinajstić information content (AvgIpc) is 3.36. The summed E-state index contributed by atoms with van der Waals surface area (Å²) in [5.74, 6) is -0.733. The van der Waals surface area contributed by atoms with Crippen molar-refractivity contribution < 1.29 is 14.1 Å². The average molecular weight is 453 g/mol. The number of hydrogen-bond donors (Lipinski definition) is 1. The number of non-ortho nitro benzene ring substituents is 1. The van der Waals surface area contributed by atoms with Gasteiger partial charge in [-0.1, -0.05) is 25.0 Å². The minimum Gasteiger partial charge on any atom is -0.365 e. The van der Waals surface area contributed by atoms with Crippen LogP contribution in [0.15, 0.2) is 42.5 Å². The van der Waals surface area contributed by atoms with Crippen molar-refractivity contribution in [3.8, 4) is 0 Å². The number of rotatable bonds is 5. The monoisotopic (exact) mass is 452 g/mol. The minimum absolute atomic E-state index is 0.0146. The summed E-state index contributed by atoms with van der Waals surface area (Å²) in [6, 6.07) is 11.8. The number of halogens is 1. The molecular weight excluding hydrogens is 423 g/mol. The first-order chi connectivity index (χ1) is 16.0. The summed E-state index contributed by atoms with van der Waals surface area (Å²) in [5, 5.41) is 14.3. The summed E-state index contributed by atoms with van der Waals surface area (Å²) >= 11 is 0. The largest absolute Gasteiger partial charge is 0.365 e. The van der Waals surface area contributed by atoms with Crippen LogP contribution in [0, 0.1) is 21.8 Å². The molecule has 2 atom stereocenters. The Hall–Kier alpha value is -3.00. The number of nitro benzene ring substituents is 1. The molecular formula is C25H29FN4O3. The molecule has 0 radical (unpaired) electrons. The van der Waals surface area contributed by atoms with Crippen LogP contribution in [-0.4, -0.2) is 47.4 Å². The van der Waals surface area contributed by atoms with Crippen LogP contribution in [0.2, 0.25) is 0 Å². The third-order valence-electron chi connectivity index (χ3n) is 7.47. The third-order valence-corrected chi connectivity index (χ3v) is 7.47. The van der Waals surface area contributed by atoms with E-state index in [-0.39, 0.29) is 40.8 Å². The number of carbonyl (C=O) groups excluding carboxylic acids is 1. The van der Waals surface area contributed by atoms with Gasteiger partial charge in [0.25, 0.3) is 5.69 Å². The Morgan fingerprint density at radius 1 is 1.15 bits per heavy atom. The maximum Gasteiger partial charge on any atom is 0.269 e. The molecule has 174 valence electrons. The second-order valence-electron chi connectivity index (χ2n) is 9.42. The molecule has 2 heterocycles. The van der Waals surface area contributed by atoms with E-state index in [4.69, 9.17) is 0 Å². The van der Waals surface area contributed by atoms with E-state index in [0.29, 0.717) is 18.0 Å². The van der Waals surface area contributed by atoms with Crippen molar-refractivity contribution in [3.63, 3.8) is 0 Å². The lowest BCUT2D eigenvalue weighted by molar-refractivity contribution is -0.384. The number of nitrogens with zero attached hydrogens (tertiary/aromatic N) is 3. The first-order valence-corrected chi connectivity index (χ1v) is 11.8. The number of piperazine rings is 1. The minimum atomic E-state index is -0.385. The van der Waals surface area contributed by atoms with Crippen LogP contribution in [0.4, 0.5) is 15.8 Å². The molecule has 2 aliphatic heterocycles. The molecule has 0 bridgehead atoms. The van der Waals surface area contributed by atoms with Crippen molar-refractivity contribution in [2.75, 3.05) is 24.5 Å². The Kier molecular flexibility index (Phi) is 6.01. The maximum atomic E-state index is 13.5. The van der Waals surface area contributed by atoms with Crippen LogP contribution >= 0.6 is 0 Å². The fourth-order valence-corrected chi connectivity index (χ4v) is 5.81. The quantitative estimate of drug-likeness (QED) is 0.553. The van der Waals surface area contributed by atoms with Gasteiger partial charge in [-0.3, -0.25) is 19.8 Å². The standard InChI is InChI=1S/C25H29FN4O3/c26-19-5-3-4-17(12-19)15-27-25(31)22-14-18-13-21(30(32)33)8-9-23(18)29-11-10-28(16-24(22)29)20-6-1-2-7-20/h3-5,8-9,12-13,20,22,24H,1-2,6-7,10-11,14-16H2,(H,27,31). The van der Waals surface area contributed by atoms with Crippen LogP contribution in [0.25, 0.3) is 0 Å². The summed E-state index contributed by atoms with van der Waals surface area (Å²) in [4.78, 5) is 29.2. The predicted molar refractivity (Wildman–Crippen MR) is 124 cm³/mol. The first-order valence-electron chi connectivity index (χ1n) is 11.8. The third kappa shape index (κ3) is 4.44. The number of amides is 1. The number of carbonyl (C=O) groups is 1. The lowest BCUT2D eigenvalue weighted by Gasteiger charge is -2.50. The van der Waals surface area contributed by atoms with Crippen LogP contribution < -0.4 is 10.2 Å². The highest BCUT2D eigenvalue weighted by Gasteiger charge is 2.43. The zero-order valence-corrected chi connectivity index (χ0v) is 18.6. The van der Waals surface area contributed by atoms with Gasteiger partial charge in [0.1, 0.15) is 5.82 Å². The molecule has 33 heavy (non-hydrogen) atoms. The summed E-state index contributed by atoms with van der Waals surface area (Å²) in [5.41, 5.74) is 2.62. The lowest BCUT2D eigenvalue weighted by atomic mass is 9.82. The number of nitro groups is 1. The number of nitrogens with one attached hydrogen (secondary N) is 1.